The summed E-state index contributed by atoms with van der Waals surface area (Å²) in [6, 6.07) is 5.04. The minimum Gasteiger partial charge on any atom is -0.462 e. The summed E-state index contributed by atoms with van der Waals surface area (Å²) in [5.41, 5.74) is -7.28. The molecule has 1 aliphatic rings. The van der Waals surface area contributed by atoms with Gasteiger partial charge in [-0.25, -0.2) is 4.79 Å². The van der Waals surface area contributed by atoms with Gasteiger partial charge in [0.05, 0.1) is 26.6 Å². The smallest absolute Gasteiger partial charge is 0.416 e. The van der Waals surface area contributed by atoms with E-state index in [2.05, 4.69) is 0 Å². The molecule has 1 aliphatic heterocycles. The fourth-order valence-electron chi connectivity index (χ4n) is 3.73. The standard InChI is InChI=1S/C20H14Cl2F6O3/c1-17(30-2)16(29)31-9-18(17,10-3-4-14(21)15(22)8-10)11-5-12(19(23,24)25)7-13(6-11)20(26,27)28/h3-8H,9H2,1-2H3. The molecule has 1 heterocycles. The Morgan fingerprint density at radius 1 is 0.903 bits per heavy atom. The molecule has 0 aliphatic carbocycles. The molecule has 0 bridgehead atoms. The predicted molar refractivity (Wildman–Crippen MR) is 100 cm³/mol. The summed E-state index contributed by atoms with van der Waals surface area (Å²) in [6.07, 6.45) is -10.2. The van der Waals surface area contributed by atoms with Gasteiger partial charge in [-0.1, -0.05) is 29.3 Å². The Morgan fingerprint density at radius 2 is 1.45 bits per heavy atom. The van der Waals surface area contributed by atoms with E-state index in [1.807, 2.05) is 0 Å². The molecule has 1 fully saturated rings. The Kier molecular flexibility index (Phi) is 5.78. The molecule has 11 heteroatoms. The van der Waals surface area contributed by atoms with Crippen molar-refractivity contribution in [3.63, 3.8) is 0 Å². The van der Waals surface area contributed by atoms with Crippen molar-refractivity contribution in [2.75, 3.05) is 13.7 Å². The predicted octanol–water partition coefficient (Wildman–Crippen LogP) is 6.28. The SMILES string of the molecule is COC1(C)C(=O)OCC1(c1cc(C(F)(F)F)cc(C(F)(F)F)c1)c1ccc(Cl)c(Cl)c1. The average Bonchev–Trinajstić information content (AvgIpc) is 2.95. The molecule has 2 aromatic carbocycles. The van der Waals surface area contributed by atoms with E-state index in [1.54, 1.807) is 0 Å². The first-order valence-corrected chi connectivity index (χ1v) is 9.40. The second-order valence-corrected chi connectivity index (χ2v) is 7.96. The van der Waals surface area contributed by atoms with Gasteiger partial charge < -0.3 is 9.47 Å². The zero-order valence-corrected chi connectivity index (χ0v) is 17.4. The number of cyclic esters (lactones) is 1. The Hall–Kier alpha value is -1.97. The third-order valence-electron chi connectivity index (χ3n) is 5.52. The minimum absolute atomic E-state index is 0.00775. The Balaban J connectivity index is 2.44. The molecule has 168 valence electrons. The van der Waals surface area contributed by atoms with Crippen LogP contribution in [0.1, 0.15) is 29.2 Å². The van der Waals surface area contributed by atoms with Gasteiger partial charge in [-0.15, -0.1) is 0 Å². The molecule has 0 N–H and O–H groups in total. The van der Waals surface area contributed by atoms with Gasteiger partial charge in [-0.3, -0.25) is 0 Å². The van der Waals surface area contributed by atoms with Crippen LogP contribution in [0.2, 0.25) is 10.0 Å². The highest BCUT2D eigenvalue weighted by Gasteiger charge is 2.63. The van der Waals surface area contributed by atoms with Gasteiger partial charge in [0.25, 0.3) is 0 Å². The maximum Gasteiger partial charge on any atom is 0.416 e. The summed E-state index contributed by atoms with van der Waals surface area (Å²) in [6.45, 7) is 0.658. The van der Waals surface area contributed by atoms with Gasteiger partial charge in [0, 0.05) is 7.11 Å². The molecule has 1 saturated heterocycles. The molecule has 0 amide bonds. The fourth-order valence-corrected chi connectivity index (χ4v) is 4.03. The van der Waals surface area contributed by atoms with Gasteiger partial charge >= 0.3 is 18.3 Å². The molecular formula is C20H14Cl2F6O3. The zero-order chi connectivity index (χ0) is 23.4. The van der Waals surface area contributed by atoms with Crippen LogP contribution in [0.3, 0.4) is 0 Å². The summed E-state index contributed by atoms with van der Waals surface area (Å²) in [4.78, 5) is 12.6. The van der Waals surface area contributed by atoms with Crippen LogP contribution in [0.15, 0.2) is 36.4 Å². The van der Waals surface area contributed by atoms with Crippen molar-refractivity contribution in [2.24, 2.45) is 0 Å². The number of hydrogen-bond donors (Lipinski definition) is 0. The van der Waals surface area contributed by atoms with Crippen molar-refractivity contribution in [2.45, 2.75) is 30.3 Å². The molecule has 2 unspecified atom stereocenters. The number of esters is 1. The number of carbonyl (C=O) groups is 1. The number of ether oxygens (including phenoxy) is 2. The van der Waals surface area contributed by atoms with Crippen molar-refractivity contribution in [1.29, 1.82) is 0 Å². The molecule has 0 radical (unpaired) electrons. The van der Waals surface area contributed by atoms with Crippen LogP contribution in [-0.2, 0) is 32.0 Å². The van der Waals surface area contributed by atoms with Crippen LogP contribution in [0, 0.1) is 0 Å². The highest BCUT2D eigenvalue weighted by atomic mass is 35.5. The van der Waals surface area contributed by atoms with Gasteiger partial charge in [0.15, 0.2) is 5.60 Å². The third kappa shape index (κ3) is 3.76. The lowest BCUT2D eigenvalue weighted by molar-refractivity contribution is -0.155. The Labute approximate surface area is 182 Å². The average molecular weight is 487 g/mol. The highest BCUT2D eigenvalue weighted by molar-refractivity contribution is 6.42. The topological polar surface area (TPSA) is 35.5 Å². The zero-order valence-electron chi connectivity index (χ0n) is 15.9. The van der Waals surface area contributed by atoms with E-state index in [4.69, 9.17) is 32.7 Å². The van der Waals surface area contributed by atoms with Crippen LogP contribution in [-0.4, -0.2) is 25.3 Å². The normalized spacial score (nSPS) is 24.4. The third-order valence-corrected chi connectivity index (χ3v) is 6.26. The summed E-state index contributed by atoms with van der Waals surface area (Å²) < 4.78 is 91.3. The number of methoxy groups -OCH3 is 1. The van der Waals surface area contributed by atoms with Gasteiger partial charge in [0.2, 0.25) is 0 Å². The van der Waals surface area contributed by atoms with E-state index in [9.17, 15) is 31.1 Å². The second-order valence-electron chi connectivity index (χ2n) is 7.14. The number of halogens is 8. The van der Waals surface area contributed by atoms with Gasteiger partial charge in [-0.05, 0) is 48.4 Å². The van der Waals surface area contributed by atoms with Crippen LogP contribution < -0.4 is 0 Å². The largest absolute Gasteiger partial charge is 0.462 e. The quantitative estimate of drug-likeness (QED) is 0.378. The monoisotopic (exact) mass is 486 g/mol. The molecule has 3 nitrogen and oxygen atoms in total. The molecule has 2 aromatic rings. The summed E-state index contributed by atoms with van der Waals surface area (Å²) in [7, 11) is 1.11. The van der Waals surface area contributed by atoms with E-state index < -0.39 is 52.6 Å². The van der Waals surface area contributed by atoms with Crippen molar-refractivity contribution in [1.82, 2.24) is 0 Å². The summed E-state index contributed by atoms with van der Waals surface area (Å²) in [5.74, 6) is -0.952. The highest BCUT2D eigenvalue weighted by Crippen LogP contribution is 2.51. The summed E-state index contributed by atoms with van der Waals surface area (Å²) in [5, 5.41) is 0.0873. The molecule has 2 atom stereocenters. The number of rotatable bonds is 3. The Morgan fingerprint density at radius 3 is 1.90 bits per heavy atom. The van der Waals surface area contributed by atoms with E-state index in [0.717, 1.165) is 7.11 Å². The molecular weight excluding hydrogens is 473 g/mol. The van der Waals surface area contributed by atoms with Crippen molar-refractivity contribution >= 4 is 29.2 Å². The number of benzene rings is 2. The molecule has 0 saturated carbocycles. The van der Waals surface area contributed by atoms with Crippen LogP contribution in [0.25, 0.3) is 0 Å². The van der Waals surface area contributed by atoms with E-state index >= 15 is 0 Å². The van der Waals surface area contributed by atoms with Crippen molar-refractivity contribution in [3.05, 3.63) is 68.7 Å². The first kappa shape index (κ1) is 23.7. The lowest BCUT2D eigenvalue weighted by Crippen LogP contribution is -2.53. The second kappa shape index (κ2) is 7.56. The van der Waals surface area contributed by atoms with E-state index in [0.29, 0.717) is 12.1 Å². The molecule has 0 aromatic heterocycles. The van der Waals surface area contributed by atoms with E-state index in [1.165, 1.54) is 25.1 Å². The number of carbonyl (C=O) groups excluding carboxylic acids is 1. The molecule has 3 rings (SSSR count). The van der Waals surface area contributed by atoms with Crippen LogP contribution in [0.5, 0.6) is 0 Å². The molecule has 0 spiro atoms. The minimum atomic E-state index is -5.08. The first-order chi connectivity index (χ1) is 14.2. The van der Waals surface area contributed by atoms with E-state index in [-0.39, 0.29) is 21.7 Å². The van der Waals surface area contributed by atoms with Gasteiger partial charge in [-0.2, -0.15) is 26.3 Å². The van der Waals surface area contributed by atoms with Crippen LogP contribution >= 0.6 is 23.2 Å². The Bertz CT molecular complexity index is 1000. The first-order valence-electron chi connectivity index (χ1n) is 8.64. The van der Waals surface area contributed by atoms with Crippen molar-refractivity contribution in [3.8, 4) is 0 Å². The van der Waals surface area contributed by atoms with Crippen molar-refractivity contribution < 1.29 is 40.6 Å². The number of alkyl halides is 6. The summed E-state index contributed by atoms with van der Waals surface area (Å²) >= 11 is 12.0. The lowest BCUT2D eigenvalue weighted by Gasteiger charge is -2.40. The van der Waals surface area contributed by atoms with Gasteiger partial charge in [0.1, 0.15) is 6.61 Å². The maximum atomic E-state index is 13.5. The van der Waals surface area contributed by atoms with Crippen LogP contribution in [0.4, 0.5) is 26.3 Å². The molecule has 31 heavy (non-hydrogen) atoms. The fraction of sp³-hybridized carbons (Fsp3) is 0.350. The maximum absolute atomic E-state index is 13.5. The lowest BCUT2D eigenvalue weighted by atomic mass is 9.65. The number of hydrogen-bond acceptors (Lipinski definition) is 3.